The van der Waals surface area contributed by atoms with Crippen LogP contribution in [-0.4, -0.2) is 37.0 Å². The number of rotatable bonds is 4. The summed E-state index contributed by atoms with van der Waals surface area (Å²) in [6, 6.07) is 3.51. The van der Waals surface area contributed by atoms with E-state index >= 15 is 0 Å². The van der Waals surface area contributed by atoms with Crippen LogP contribution in [0.3, 0.4) is 0 Å². The summed E-state index contributed by atoms with van der Waals surface area (Å²) >= 11 is 0. The minimum Gasteiger partial charge on any atom is -0.364 e. The second-order valence-corrected chi connectivity index (χ2v) is 4.50. The van der Waals surface area contributed by atoms with Crippen molar-refractivity contribution in [1.82, 2.24) is 25.1 Å². The number of hydrogen-bond donors (Lipinski definition) is 3. The minimum atomic E-state index is -0.727. The van der Waals surface area contributed by atoms with Crippen LogP contribution in [-0.2, 0) is 0 Å². The summed E-state index contributed by atoms with van der Waals surface area (Å²) < 4.78 is 0. The SMILES string of the molecule is NC(=O)c1[nH]ncc1NC(=O)c1cncc(-c2ccncc2)n1. The van der Waals surface area contributed by atoms with E-state index in [1.807, 2.05) is 0 Å². The molecule has 3 aromatic rings. The predicted octanol–water partition coefficient (Wildman–Crippen LogP) is 0.613. The van der Waals surface area contributed by atoms with Crippen LogP contribution in [0.2, 0.25) is 0 Å². The Morgan fingerprint density at radius 1 is 1.09 bits per heavy atom. The lowest BCUT2D eigenvalue weighted by Gasteiger charge is -2.05. The fourth-order valence-electron chi connectivity index (χ4n) is 1.89. The number of hydrogen-bond acceptors (Lipinski definition) is 6. The number of aromatic nitrogens is 5. The number of nitrogens with two attached hydrogens (primary N) is 1. The average Bonchev–Trinajstić information content (AvgIpc) is 3.04. The lowest BCUT2D eigenvalue weighted by Crippen LogP contribution is -2.18. The van der Waals surface area contributed by atoms with E-state index in [2.05, 4.69) is 30.5 Å². The molecule has 4 N–H and O–H groups in total. The van der Waals surface area contributed by atoms with Gasteiger partial charge in [-0.05, 0) is 12.1 Å². The molecule has 3 aromatic heterocycles. The molecule has 9 heteroatoms. The molecular weight excluding hydrogens is 298 g/mol. The Hall–Kier alpha value is -3.62. The molecule has 3 heterocycles. The van der Waals surface area contributed by atoms with Crippen molar-refractivity contribution in [3.05, 3.63) is 54.5 Å². The van der Waals surface area contributed by atoms with Gasteiger partial charge in [0.25, 0.3) is 11.8 Å². The van der Waals surface area contributed by atoms with Gasteiger partial charge < -0.3 is 11.1 Å². The van der Waals surface area contributed by atoms with E-state index in [0.29, 0.717) is 5.69 Å². The second kappa shape index (κ2) is 6.02. The molecule has 0 saturated heterocycles. The van der Waals surface area contributed by atoms with E-state index in [1.54, 1.807) is 30.7 Å². The second-order valence-electron chi connectivity index (χ2n) is 4.50. The normalized spacial score (nSPS) is 10.3. The van der Waals surface area contributed by atoms with Crippen molar-refractivity contribution in [3.8, 4) is 11.3 Å². The van der Waals surface area contributed by atoms with Crippen LogP contribution in [0.1, 0.15) is 21.0 Å². The Morgan fingerprint density at radius 3 is 2.61 bits per heavy atom. The Balaban J connectivity index is 1.86. The number of H-pyrrole nitrogens is 1. The van der Waals surface area contributed by atoms with Crippen LogP contribution in [0.15, 0.2) is 43.1 Å². The Labute approximate surface area is 130 Å². The van der Waals surface area contributed by atoms with Crippen LogP contribution < -0.4 is 11.1 Å². The molecule has 0 aliphatic heterocycles. The number of nitrogens with zero attached hydrogens (tertiary/aromatic N) is 4. The highest BCUT2D eigenvalue weighted by Gasteiger charge is 2.16. The lowest BCUT2D eigenvalue weighted by molar-refractivity contribution is 0.0996. The zero-order valence-electron chi connectivity index (χ0n) is 11.7. The molecule has 0 aliphatic rings. The van der Waals surface area contributed by atoms with E-state index in [9.17, 15) is 9.59 Å². The van der Waals surface area contributed by atoms with Crippen molar-refractivity contribution in [2.45, 2.75) is 0 Å². The molecule has 23 heavy (non-hydrogen) atoms. The number of pyridine rings is 1. The molecule has 0 aromatic carbocycles. The summed E-state index contributed by atoms with van der Waals surface area (Å²) in [6.45, 7) is 0. The van der Waals surface area contributed by atoms with Crippen molar-refractivity contribution < 1.29 is 9.59 Å². The summed E-state index contributed by atoms with van der Waals surface area (Å²) in [4.78, 5) is 35.6. The monoisotopic (exact) mass is 309 g/mol. The molecule has 2 amide bonds. The van der Waals surface area contributed by atoms with Crippen molar-refractivity contribution in [3.63, 3.8) is 0 Å². The van der Waals surface area contributed by atoms with Gasteiger partial charge in [0.2, 0.25) is 0 Å². The molecule has 3 rings (SSSR count). The van der Waals surface area contributed by atoms with Crippen LogP contribution in [0.4, 0.5) is 5.69 Å². The number of anilines is 1. The fraction of sp³-hybridized carbons (Fsp3) is 0. The number of nitrogens with one attached hydrogen (secondary N) is 2. The molecule has 0 saturated carbocycles. The molecule has 0 spiro atoms. The Kier molecular flexibility index (Phi) is 3.75. The zero-order chi connectivity index (χ0) is 16.2. The van der Waals surface area contributed by atoms with Crippen LogP contribution in [0, 0.1) is 0 Å². The van der Waals surface area contributed by atoms with Gasteiger partial charge >= 0.3 is 0 Å². The molecule has 9 nitrogen and oxygen atoms in total. The largest absolute Gasteiger partial charge is 0.364 e. The van der Waals surface area contributed by atoms with Crippen molar-refractivity contribution in [2.24, 2.45) is 5.73 Å². The molecule has 0 atom stereocenters. The Morgan fingerprint density at radius 2 is 1.87 bits per heavy atom. The maximum atomic E-state index is 12.3. The van der Waals surface area contributed by atoms with Crippen LogP contribution in [0.25, 0.3) is 11.3 Å². The summed E-state index contributed by atoms with van der Waals surface area (Å²) in [5.74, 6) is -1.26. The highest BCUT2D eigenvalue weighted by Crippen LogP contribution is 2.16. The summed E-state index contributed by atoms with van der Waals surface area (Å²) in [6.07, 6.45) is 7.39. The maximum Gasteiger partial charge on any atom is 0.275 e. The van der Waals surface area contributed by atoms with Crippen LogP contribution >= 0.6 is 0 Å². The number of aromatic amines is 1. The van der Waals surface area contributed by atoms with Gasteiger partial charge in [-0.1, -0.05) is 0 Å². The first-order valence-electron chi connectivity index (χ1n) is 6.52. The maximum absolute atomic E-state index is 12.3. The lowest BCUT2D eigenvalue weighted by atomic mass is 10.2. The van der Waals surface area contributed by atoms with E-state index < -0.39 is 11.8 Å². The highest BCUT2D eigenvalue weighted by molar-refractivity contribution is 6.07. The van der Waals surface area contributed by atoms with Crippen molar-refractivity contribution >= 4 is 17.5 Å². The fourth-order valence-corrected chi connectivity index (χ4v) is 1.89. The zero-order valence-corrected chi connectivity index (χ0v) is 11.7. The molecule has 0 unspecified atom stereocenters. The number of carbonyl (C=O) groups excluding carboxylic acids is 2. The van der Waals surface area contributed by atoms with Gasteiger partial charge in [-0.25, -0.2) is 4.98 Å². The third-order valence-corrected chi connectivity index (χ3v) is 2.98. The van der Waals surface area contributed by atoms with Crippen LogP contribution in [0.5, 0.6) is 0 Å². The highest BCUT2D eigenvalue weighted by atomic mass is 16.2. The quantitative estimate of drug-likeness (QED) is 0.645. The molecule has 0 aliphatic carbocycles. The van der Waals surface area contributed by atoms with E-state index in [-0.39, 0.29) is 17.1 Å². The number of carbonyl (C=O) groups is 2. The van der Waals surface area contributed by atoms with E-state index in [0.717, 1.165) is 5.56 Å². The van der Waals surface area contributed by atoms with Crippen molar-refractivity contribution in [2.75, 3.05) is 5.32 Å². The van der Waals surface area contributed by atoms with Gasteiger partial charge in [0.15, 0.2) is 0 Å². The van der Waals surface area contributed by atoms with Gasteiger partial charge in [0.1, 0.15) is 11.4 Å². The topological polar surface area (TPSA) is 140 Å². The number of primary amides is 1. The van der Waals surface area contributed by atoms with E-state index in [4.69, 9.17) is 5.73 Å². The van der Waals surface area contributed by atoms with Gasteiger partial charge in [0.05, 0.1) is 30.0 Å². The van der Waals surface area contributed by atoms with Gasteiger partial charge in [-0.2, -0.15) is 5.10 Å². The molecule has 0 radical (unpaired) electrons. The average molecular weight is 309 g/mol. The van der Waals surface area contributed by atoms with E-state index in [1.165, 1.54) is 12.4 Å². The first kappa shape index (κ1) is 14.3. The summed E-state index contributed by atoms with van der Waals surface area (Å²) in [5, 5.41) is 8.61. The summed E-state index contributed by atoms with van der Waals surface area (Å²) in [5.41, 5.74) is 6.77. The molecule has 0 fully saturated rings. The molecular formula is C14H11N7O2. The number of amides is 2. The van der Waals surface area contributed by atoms with Gasteiger partial charge in [-0.3, -0.25) is 24.7 Å². The first-order valence-corrected chi connectivity index (χ1v) is 6.52. The third-order valence-electron chi connectivity index (χ3n) is 2.98. The smallest absolute Gasteiger partial charge is 0.275 e. The van der Waals surface area contributed by atoms with Crippen molar-refractivity contribution in [1.29, 1.82) is 0 Å². The predicted molar refractivity (Wildman–Crippen MR) is 80.3 cm³/mol. The summed E-state index contributed by atoms with van der Waals surface area (Å²) in [7, 11) is 0. The first-order chi connectivity index (χ1) is 11.1. The van der Waals surface area contributed by atoms with Gasteiger partial charge in [-0.15, -0.1) is 0 Å². The minimum absolute atomic E-state index is 0.0107. The molecule has 114 valence electrons. The Bertz CT molecular complexity index is 860. The third kappa shape index (κ3) is 3.02. The van der Waals surface area contributed by atoms with Gasteiger partial charge in [0, 0.05) is 18.0 Å². The standard InChI is InChI=1S/C14H11N7O2/c15-13(22)12-10(7-18-21-12)20-14(23)11-6-17-5-9(19-11)8-1-3-16-4-2-8/h1-7H,(H2,15,22)(H,18,21)(H,20,23). The molecule has 0 bridgehead atoms.